The second kappa shape index (κ2) is 3.09. The summed E-state index contributed by atoms with van der Waals surface area (Å²) in [5.41, 5.74) is 0.513. The standard InChI is InChI=1S/C7H7NO3/c1-11-7(10)6-5(4-9)2-3-8-6/h3-4H,2H2,1H3. The summed E-state index contributed by atoms with van der Waals surface area (Å²) in [4.78, 5) is 24.8. The third-order valence-electron chi connectivity index (χ3n) is 1.36. The largest absolute Gasteiger partial charge is 0.464 e. The number of allylic oxidation sites excluding steroid dienone is 1. The Labute approximate surface area is 63.6 Å². The van der Waals surface area contributed by atoms with E-state index in [-0.39, 0.29) is 5.70 Å². The van der Waals surface area contributed by atoms with Gasteiger partial charge in [0.25, 0.3) is 0 Å². The van der Waals surface area contributed by atoms with Crippen LogP contribution in [0.5, 0.6) is 0 Å². The molecule has 1 aliphatic heterocycles. The van der Waals surface area contributed by atoms with Crippen LogP contribution in [-0.4, -0.2) is 25.6 Å². The summed E-state index contributed by atoms with van der Waals surface area (Å²) in [5, 5.41) is 0. The van der Waals surface area contributed by atoms with E-state index >= 15 is 0 Å². The first-order valence-corrected chi connectivity index (χ1v) is 3.08. The Balaban J connectivity index is 2.90. The van der Waals surface area contributed by atoms with Crippen LogP contribution in [0.4, 0.5) is 0 Å². The highest BCUT2D eigenvalue weighted by Crippen LogP contribution is 2.14. The van der Waals surface area contributed by atoms with Gasteiger partial charge in [0.15, 0.2) is 5.70 Å². The van der Waals surface area contributed by atoms with Gasteiger partial charge in [-0.05, 0) is 0 Å². The van der Waals surface area contributed by atoms with Crippen molar-refractivity contribution < 1.29 is 14.3 Å². The molecule has 0 fully saturated rings. The van der Waals surface area contributed by atoms with Crippen molar-refractivity contribution in [3.05, 3.63) is 11.3 Å². The molecule has 1 aliphatic rings. The van der Waals surface area contributed by atoms with E-state index in [2.05, 4.69) is 9.73 Å². The fourth-order valence-corrected chi connectivity index (χ4v) is 0.799. The highest BCUT2D eigenvalue weighted by atomic mass is 16.5. The van der Waals surface area contributed by atoms with Crippen molar-refractivity contribution in [2.75, 3.05) is 7.11 Å². The van der Waals surface area contributed by atoms with E-state index in [1.807, 2.05) is 0 Å². The van der Waals surface area contributed by atoms with Crippen LogP contribution >= 0.6 is 0 Å². The minimum atomic E-state index is -0.555. The van der Waals surface area contributed by atoms with E-state index in [0.717, 1.165) is 0 Å². The zero-order valence-corrected chi connectivity index (χ0v) is 6.03. The number of carbonyl (C=O) groups is 2. The molecule has 0 aromatic rings. The minimum Gasteiger partial charge on any atom is -0.464 e. The van der Waals surface area contributed by atoms with Gasteiger partial charge in [-0.1, -0.05) is 0 Å². The van der Waals surface area contributed by atoms with Crippen molar-refractivity contribution >= 4 is 18.5 Å². The number of carbonyl (C=O) groups excluding carboxylic acids is 2. The molecule has 1 rings (SSSR count). The van der Waals surface area contributed by atoms with Crippen LogP contribution in [0.3, 0.4) is 0 Å². The lowest BCUT2D eigenvalue weighted by molar-refractivity contribution is -0.136. The fourth-order valence-electron chi connectivity index (χ4n) is 0.799. The average molecular weight is 153 g/mol. The first-order valence-electron chi connectivity index (χ1n) is 3.08. The molecule has 0 saturated carbocycles. The third-order valence-corrected chi connectivity index (χ3v) is 1.36. The van der Waals surface area contributed by atoms with Crippen molar-refractivity contribution in [1.82, 2.24) is 0 Å². The molecule has 0 bridgehead atoms. The molecule has 0 unspecified atom stereocenters. The van der Waals surface area contributed by atoms with Crippen LogP contribution in [0.25, 0.3) is 0 Å². The van der Waals surface area contributed by atoms with Gasteiger partial charge in [0.1, 0.15) is 6.29 Å². The molecule has 58 valence electrons. The first-order chi connectivity index (χ1) is 5.29. The van der Waals surface area contributed by atoms with Crippen molar-refractivity contribution in [3.8, 4) is 0 Å². The normalized spacial score (nSPS) is 15.4. The number of methoxy groups -OCH3 is 1. The SMILES string of the molecule is COC(=O)C1=C(C=O)CC=N1. The number of rotatable bonds is 2. The zero-order chi connectivity index (χ0) is 8.27. The number of hydrogen-bond acceptors (Lipinski definition) is 4. The topological polar surface area (TPSA) is 55.7 Å². The van der Waals surface area contributed by atoms with Crippen molar-refractivity contribution in [1.29, 1.82) is 0 Å². The Morgan fingerprint density at radius 1 is 1.82 bits per heavy atom. The van der Waals surface area contributed by atoms with E-state index in [4.69, 9.17) is 0 Å². The second-order valence-corrected chi connectivity index (χ2v) is 2.00. The van der Waals surface area contributed by atoms with Gasteiger partial charge in [0.2, 0.25) is 0 Å². The maximum atomic E-state index is 10.8. The summed E-state index contributed by atoms with van der Waals surface area (Å²) in [7, 11) is 1.26. The van der Waals surface area contributed by atoms with Crippen molar-refractivity contribution in [2.24, 2.45) is 4.99 Å². The van der Waals surface area contributed by atoms with Gasteiger partial charge in [-0.25, -0.2) is 4.79 Å². The quantitative estimate of drug-likeness (QED) is 0.417. The number of nitrogens with zero attached hydrogens (tertiary/aromatic N) is 1. The Morgan fingerprint density at radius 2 is 2.55 bits per heavy atom. The van der Waals surface area contributed by atoms with E-state index in [0.29, 0.717) is 18.3 Å². The highest BCUT2D eigenvalue weighted by molar-refractivity contribution is 6.00. The molecular formula is C7H7NO3. The van der Waals surface area contributed by atoms with Crippen LogP contribution in [0.15, 0.2) is 16.3 Å². The molecule has 0 radical (unpaired) electrons. The number of ether oxygens (including phenoxy) is 1. The maximum absolute atomic E-state index is 10.8. The lowest BCUT2D eigenvalue weighted by Crippen LogP contribution is -2.03. The minimum absolute atomic E-state index is 0.127. The van der Waals surface area contributed by atoms with Crippen molar-refractivity contribution in [3.63, 3.8) is 0 Å². The Morgan fingerprint density at radius 3 is 3.09 bits per heavy atom. The van der Waals surface area contributed by atoms with Gasteiger partial charge in [-0.3, -0.25) is 9.79 Å². The van der Waals surface area contributed by atoms with E-state index in [1.54, 1.807) is 0 Å². The molecule has 0 atom stereocenters. The molecule has 0 aromatic carbocycles. The summed E-state index contributed by atoms with van der Waals surface area (Å²) < 4.78 is 4.40. The molecular weight excluding hydrogens is 146 g/mol. The van der Waals surface area contributed by atoms with Gasteiger partial charge in [-0.15, -0.1) is 0 Å². The van der Waals surface area contributed by atoms with E-state index < -0.39 is 5.97 Å². The van der Waals surface area contributed by atoms with Crippen LogP contribution in [0.1, 0.15) is 6.42 Å². The maximum Gasteiger partial charge on any atom is 0.357 e. The lowest BCUT2D eigenvalue weighted by Gasteiger charge is -1.95. The molecule has 0 saturated heterocycles. The summed E-state index contributed by atoms with van der Waals surface area (Å²) >= 11 is 0. The first kappa shape index (κ1) is 7.65. The van der Waals surface area contributed by atoms with Crippen LogP contribution in [-0.2, 0) is 14.3 Å². The number of esters is 1. The Kier molecular flexibility index (Phi) is 2.15. The van der Waals surface area contributed by atoms with Gasteiger partial charge in [0, 0.05) is 18.2 Å². The summed E-state index contributed by atoms with van der Waals surface area (Å²) in [6, 6.07) is 0. The zero-order valence-electron chi connectivity index (χ0n) is 6.03. The van der Waals surface area contributed by atoms with Crippen molar-refractivity contribution in [2.45, 2.75) is 6.42 Å². The average Bonchev–Trinajstić information content (AvgIpc) is 2.50. The molecule has 0 spiro atoms. The third kappa shape index (κ3) is 1.34. The monoisotopic (exact) mass is 153 g/mol. The molecule has 0 amide bonds. The molecule has 0 aromatic heterocycles. The predicted octanol–water partition coefficient (Wildman–Crippen LogP) is 0.0869. The highest BCUT2D eigenvalue weighted by Gasteiger charge is 2.17. The van der Waals surface area contributed by atoms with Crippen LogP contribution in [0.2, 0.25) is 0 Å². The summed E-state index contributed by atoms with van der Waals surface area (Å²) in [6.07, 6.45) is 2.56. The Hall–Kier alpha value is -1.45. The smallest absolute Gasteiger partial charge is 0.357 e. The van der Waals surface area contributed by atoms with E-state index in [1.165, 1.54) is 13.3 Å². The second-order valence-electron chi connectivity index (χ2n) is 2.00. The van der Waals surface area contributed by atoms with Crippen LogP contribution < -0.4 is 0 Å². The Bertz CT molecular complexity index is 252. The fraction of sp³-hybridized carbons (Fsp3) is 0.286. The molecule has 4 nitrogen and oxygen atoms in total. The van der Waals surface area contributed by atoms with E-state index in [9.17, 15) is 9.59 Å². The summed E-state index contributed by atoms with van der Waals surface area (Å²) in [5.74, 6) is -0.555. The summed E-state index contributed by atoms with van der Waals surface area (Å²) in [6.45, 7) is 0. The predicted molar refractivity (Wildman–Crippen MR) is 38.2 cm³/mol. The number of aliphatic imine (C=N–C) groups is 1. The van der Waals surface area contributed by atoms with Gasteiger partial charge in [0.05, 0.1) is 7.11 Å². The molecule has 4 heteroatoms. The molecule has 1 heterocycles. The van der Waals surface area contributed by atoms with Gasteiger partial charge in [-0.2, -0.15) is 0 Å². The number of aldehydes is 1. The molecule has 0 N–H and O–H groups in total. The van der Waals surface area contributed by atoms with Crippen LogP contribution in [0, 0.1) is 0 Å². The van der Waals surface area contributed by atoms with Gasteiger partial charge >= 0.3 is 5.97 Å². The lowest BCUT2D eigenvalue weighted by atomic mass is 10.2. The molecule has 11 heavy (non-hydrogen) atoms. The number of hydrogen-bond donors (Lipinski definition) is 0. The van der Waals surface area contributed by atoms with Gasteiger partial charge < -0.3 is 4.74 Å². The molecule has 0 aliphatic carbocycles.